The molecule has 0 spiro atoms. The topological polar surface area (TPSA) is 61.6 Å². The largest absolute Gasteiger partial charge is 0.371 e. The maximum absolute atomic E-state index is 11.7. The van der Waals surface area contributed by atoms with Crippen molar-refractivity contribution >= 4 is 17.3 Å². The van der Waals surface area contributed by atoms with Crippen LogP contribution in [0.2, 0.25) is 0 Å². The van der Waals surface area contributed by atoms with Crippen molar-refractivity contribution in [2.75, 3.05) is 49.6 Å². The Morgan fingerprint density at radius 1 is 1.33 bits per heavy atom. The zero-order valence-corrected chi connectivity index (χ0v) is 10.7. The van der Waals surface area contributed by atoms with Gasteiger partial charge in [-0.25, -0.2) is 0 Å². The summed E-state index contributed by atoms with van der Waals surface area (Å²) in [6.07, 6.45) is 0. The third-order valence-electron chi connectivity index (χ3n) is 3.14. The van der Waals surface area contributed by atoms with Crippen molar-refractivity contribution in [2.24, 2.45) is 5.73 Å². The molecule has 0 saturated carbocycles. The molecule has 0 aliphatic carbocycles. The van der Waals surface area contributed by atoms with Gasteiger partial charge in [0, 0.05) is 33.2 Å². The molecule has 1 aromatic carbocycles. The van der Waals surface area contributed by atoms with Crippen LogP contribution in [0.3, 0.4) is 0 Å². The third-order valence-corrected chi connectivity index (χ3v) is 3.14. The lowest BCUT2D eigenvalue weighted by molar-refractivity contribution is -0.119. The van der Waals surface area contributed by atoms with Crippen molar-refractivity contribution in [3.8, 4) is 0 Å². The van der Waals surface area contributed by atoms with Crippen molar-refractivity contribution in [1.29, 1.82) is 0 Å². The van der Waals surface area contributed by atoms with Crippen molar-refractivity contribution in [3.63, 3.8) is 0 Å². The Balaban J connectivity index is 2.07. The van der Waals surface area contributed by atoms with Crippen LogP contribution >= 0.6 is 0 Å². The molecule has 1 aliphatic rings. The Hall–Kier alpha value is -1.75. The molecule has 0 fully saturated rings. The van der Waals surface area contributed by atoms with Gasteiger partial charge in [-0.1, -0.05) is 12.1 Å². The molecule has 1 amide bonds. The number of carbonyl (C=O) groups excluding carboxylic acids is 1. The summed E-state index contributed by atoms with van der Waals surface area (Å²) in [6, 6.07) is 8.16. The number of carbonyl (C=O) groups is 1. The average molecular weight is 248 g/mol. The second-order valence-corrected chi connectivity index (χ2v) is 4.47. The first-order valence-corrected chi connectivity index (χ1v) is 6.24. The van der Waals surface area contributed by atoms with Gasteiger partial charge in [0.05, 0.1) is 17.9 Å². The van der Waals surface area contributed by atoms with E-state index in [-0.39, 0.29) is 5.91 Å². The zero-order valence-electron chi connectivity index (χ0n) is 10.7. The highest BCUT2D eigenvalue weighted by Crippen LogP contribution is 2.31. The molecule has 1 heterocycles. The van der Waals surface area contributed by atoms with E-state index in [9.17, 15) is 4.79 Å². The Bertz CT molecular complexity index is 421. The van der Waals surface area contributed by atoms with E-state index in [1.54, 1.807) is 0 Å². The average Bonchev–Trinajstić information content (AvgIpc) is 2.40. The van der Waals surface area contributed by atoms with Gasteiger partial charge < -0.3 is 20.9 Å². The molecule has 0 atom stereocenters. The molecule has 98 valence electrons. The molecule has 0 saturated heterocycles. The maximum atomic E-state index is 11.7. The van der Waals surface area contributed by atoms with Gasteiger partial charge in [-0.2, -0.15) is 0 Å². The molecule has 2 rings (SSSR count). The van der Waals surface area contributed by atoms with Gasteiger partial charge in [0.25, 0.3) is 0 Å². The molecule has 0 unspecified atom stereocenters. The molecule has 1 aliphatic heterocycles. The Morgan fingerprint density at radius 2 is 2.06 bits per heavy atom. The second kappa shape index (κ2) is 5.73. The monoisotopic (exact) mass is 248 g/mol. The summed E-state index contributed by atoms with van der Waals surface area (Å²) in [5.41, 5.74) is 7.67. The van der Waals surface area contributed by atoms with Crippen LogP contribution in [0.15, 0.2) is 24.3 Å². The van der Waals surface area contributed by atoms with Gasteiger partial charge in [-0.3, -0.25) is 4.79 Å². The number of nitrogens with one attached hydrogen (secondary N) is 1. The fourth-order valence-corrected chi connectivity index (χ4v) is 2.17. The van der Waals surface area contributed by atoms with E-state index >= 15 is 0 Å². The lowest BCUT2D eigenvalue weighted by atomic mass is 10.1. The van der Waals surface area contributed by atoms with Crippen LogP contribution in [-0.4, -0.2) is 45.7 Å². The van der Waals surface area contributed by atoms with Crippen LogP contribution in [0.25, 0.3) is 0 Å². The highest BCUT2D eigenvalue weighted by atomic mass is 16.2. The lowest BCUT2D eigenvalue weighted by Crippen LogP contribution is -2.45. The number of anilines is 2. The predicted molar refractivity (Wildman–Crippen MR) is 74.0 cm³/mol. The minimum absolute atomic E-state index is 0.0276. The molecule has 5 nitrogen and oxygen atoms in total. The predicted octanol–water partition coefficient (Wildman–Crippen LogP) is 0.0177. The van der Waals surface area contributed by atoms with E-state index in [1.165, 1.54) is 5.69 Å². The van der Waals surface area contributed by atoms with Gasteiger partial charge in [-0.05, 0) is 12.1 Å². The van der Waals surface area contributed by atoms with Crippen molar-refractivity contribution < 1.29 is 4.79 Å². The summed E-state index contributed by atoms with van der Waals surface area (Å²) >= 11 is 0. The second-order valence-electron chi connectivity index (χ2n) is 4.47. The Kier molecular flexibility index (Phi) is 4.04. The van der Waals surface area contributed by atoms with Gasteiger partial charge in [-0.15, -0.1) is 0 Å². The smallest absolute Gasteiger partial charge is 0.239 e. The zero-order chi connectivity index (χ0) is 13.0. The number of nitrogens with zero attached hydrogens (tertiary/aromatic N) is 2. The number of para-hydroxylation sites is 2. The molecule has 1 aromatic rings. The van der Waals surface area contributed by atoms with E-state index in [4.69, 9.17) is 5.73 Å². The van der Waals surface area contributed by atoms with Crippen molar-refractivity contribution in [2.45, 2.75) is 0 Å². The molecule has 18 heavy (non-hydrogen) atoms. The van der Waals surface area contributed by atoms with Crippen molar-refractivity contribution in [3.05, 3.63) is 24.3 Å². The van der Waals surface area contributed by atoms with E-state index in [0.29, 0.717) is 19.6 Å². The first kappa shape index (κ1) is 12.7. The molecule has 0 radical (unpaired) electrons. The molecule has 3 N–H and O–H groups in total. The normalized spacial score (nSPS) is 14.3. The van der Waals surface area contributed by atoms with E-state index in [1.807, 2.05) is 12.1 Å². The first-order valence-electron chi connectivity index (χ1n) is 6.24. The van der Waals surface area contributed by atoms with E-state index in [2.05, 4.69) is 34.3 Å². The summed E-state index contributed by atoms with van der Waals surface area (Å²) in [4.78, 5) is 16.1. The fraction of sp³-hybridized carbons (Fsp3) is 0.462. The number of hydrogen-bond acceptors (Lipinski definition) is 4. The van der Waals surface area contributed by atoms with Gasteiger partial charge in [0.15, 0.2) is 0 Å². The van der Waals surface area contributed by atoms with E-state index in [0.717, 1.165) is 18.8 Å². The highest BCUT2D eigenvalue weighted by molar-refractivity contribution is 5.84. The minimum atomic E-state index is 0.0276. The lowest BCUT2D eigenvalue weighted by Gasteiger charge is -2.36. The Morgan fingerprint density at radius 3 is 2.78 bits per heavy atom. The number of hydrogen-bond donors (Lipinski definition) is 2. The number of nitrogens with two attached hydrogens (primary N) is 1. The SMILES string of the molecule is CN1CCN(CC(=O)NCCN)c2ccccc21. The van der Waals surface area contributed by atoms with Gasteiger partial charge >= 0.3 is 0 Å². The summed E-state index contributed by atoms with van der Waals surface area (Å²) in [6.45, 7) is 3.20. The van der Waals surface area contributed by atoms with E-state index < -0.39 is 0 Å². The van der Waals surface area contributed by atoms with Crippen LogP contribution < -0.4 is 20.9 Å². The summed E-state index contributed by atoms with van der Waals surface area (Å²) in [5, 5.41) is 2.80. The molecule has 0 aromatic heterocycles. The third kappa shape index (κ3) is 2.73. The van der Waals surface area contributed by atoms with Crippen molar-refractivity contribution in [1.82, 2.24) is 5.32 Å². The van der Waals surface area contributed by atoms with Crippen LogP contribution in [0.5, 0.6) is 0 Å². The standard InChI is InChI=1S/C13H20N4O/c1-16-8-9-17(10-13(18)15-7-6-14)12-5-3-2-4-11(12)16/h2-5H,6-10,14H2,1H3,(H,15,18). The fourth-order valence-electron chi connectivity index (χ4n) is 2.17. The quantitative estimate of drug-likeness (QED) is 0.788. The number of likely N-dealkylation sites (N-methyl/N-ethyl adjacent to an activating group) is 1. The highest BCUT2D eigenvalue weighted by Gasteiger charge is 2.21. The summed E-state index contributed by atoms with van der Waals surface area (Å²) in [7, 11) is 2.07. The van der Waals surface area contributed by atoms with Crippen LogP contribution in [0.4, 0.5) is 11.4 Å². The number of rotatable bonds is 4. The summed E-state index contributed by atoms with van der Waals surface area (Å²) in [5.74, 6) is 0.0276. The van der Waals surface area contributed by atoms with Crippen LogP contribution in [0.1, 0.15) is 0 Å². The first-order chi connectivity index (χ1) is 8.72. The molecular formula is C13H20N4O. The number of benzene rings is 1. The van der Waals surface area contributed by atoms with Crippen LogP contribution in [0, 0.1) is 0 Å². The van der Waals surface area contributed by atoms with Gasteiger partial charge in [0.1, 0.15) is 0 Å². The minimum Gasteiger partial charge on any atom is -0.371 e. The number of amides is 1. The maximum Gasteiger partial charge on any atom is 0.239 e. The molecular weight excluding hydrogens is 228 g/mol. The number of fused-ring (bicyclic) bond motifs is 1. The summed E-state index contributed by atoms with van der Waals surface area (Å²) < 4.78 is 0. The molecule has 0 bridgehead atoms. The molecule has 5 heteroatoms. The Labute approximate surface area is 108 Å². The van der Waals surface area contributed by atoms with Gasteiger partial charge in [0.2, 0.25) is 5.91 Å². The van der Waals surface area contributed by atoms with Crippen LogP contribution in [-0.2, 0) is 4.79 Å².